The SMILES string of the molecule is C1=C(c2ccco2)CN(CCN2CCCOCC2)CC1. The van der Waals surface area contributed by atoms with Crippen LogP contribution in [0.1, 0.15) is 18.6 Å². The van der Waals surface area contributed by atoms with E-state index < -0.39 is 0 Å². The Morgan fingerprint density at radius 2 is 2.00 bits per heavy atom. The van der Waals surface area contributed by atoms with Gasteiger partial charge in [-0.3, -0.25) is 9.80 Å². The highest BCUT2D eigenvalue weighted by atomic mass is 16.5. The van der Waals surface area contributed by atoms with E-state index in [1.165, 1.54) is 12.1 Å². The monoisotopic (exact) mass is 276 g/mol. The molecular weight excluding hydrogens is 252 g/mol. The van der Waals surface area contributed by atoms with E-state index in [1.807, 2.05) is 6.07 Å². The van der Waals surface area contributed by atoms with E-state index in [-0.39, 0.29) is 0 Å². The molecule has 0 saturated carbocycles. The fourth-order valence-electron chi connectivity index (χ4n) is 2.94. The zero-order valence-corrected chi connectivity index (χ0v) is 12.1. The molecule has 1 aromatic heterocycles. The smallest absolute Gasteiger partial charge is 0.130 e. The Kier molecular flexibility index (Phi) is 4.90. The van der Waals surface area contributed by atoms with Crippen molar-refractivity contribution in [2.75, 3.05) is 52.5 Å². The molecule has 1 aromatic rings. The van der Waals surface area contributed by atoms with E-state index in [9.17, 15) is 0 Å². The summed E-state index contributed by atoms with van der Waals surface area (Å²) >= 11 is 0. The van der Waals surface area contributed by atoms with Crippen LogP contribution in [0, 0.1) is 0 Å². The van der Waals surface area contributed by atoms with Crippen LogP contribution in [-0.2, 0) is 4.74 Å². The molecule has 3 rings (SSSR count). The van der Waals surface area contributed by atoms with Crippen LogP contribution in [0.2, 0.25) is 0 Å². The van der Waals surface area contributed by atoms with Crippen LogP contribution in [0.5, 0.6) is 0 Å². The van der Waals surface area contributed by atoms with E-state index in [2.05, 4.69) is 21.9 Å². The molecule has 1 fully saturated rings. The fourth-order valence-corrected chi connectivity index (χ4v) is 2.94. The van der Waals surface area contributed by atoms with Crippen LogP contribution in [0.4, 0.5) is 0 Å². The predicted molar refractivity (Wildman–Crippen MR) is 79.6 cm³/mol. The summed E-state index contributed by atoms with van der Waals surface area (Å²) in [4.78, 5) is 5.06. The Hall–Kier alpha value is -1.10. The highest BCUT2D eigenvalue weighted by molar-refractivity contribution is 5.63. The summed E-state index contributed by atoms with van der Waals surface area (Å²) in [5.41, 5.74) is 1.33. The summed E-state index contributed by atoms with van der Waals surface area (Å²) in [6.07, 6.45) is 6.36. The van der Waals surface area contributed by atoms with Gasteiger partial charge in [0.1, 0.15) is 5.76 Å². The van der Waals surface area contributed by atoms with Crippen molar-refractivity contribution in [1.29, 1.82) is 0 Å². The largest absolute Gasteiger partial charge is 0.465 e. The Morgan fingerprint density at radius 3 is 2.90 bits per heavy atom. The van der Waals surface area contributed by atoms with Crippen molar-refractivity contribution in [1.82, 2.24) is 9.80 Å². The molecule has 0 spiro atoms. The minimum Gasteiger partial charge on any atom is -0.465 e. The first-order valence-corrected chi connectivity index (χ1v) is 7.67. The molecule has 0 N–H and O–H groups in total. The van der Waals surface area contributed by atoms with Gasteiger partial charge in [0.05, 0.1) is 12.9 Å². The molecule has 2 aliphatic heterocycles. The molecule has 0 atom stereocenters. The van der Waals surface area contributed by atoms with Crippen molar-refractivity contribution in [3.8, 4) is 0 Å². The van der Waals surface area contributed by atoms with Gasteiger partial charge < -0.3 is 9.15 Å². The quantitative estimate of drug-likeness (QED) is 0.842. The molecule has 0 bridgehead atoms. The third kappa shape index (κ3) is 3.72. The topological polar surface area (TPSA) is 28.9 Å². The summed E-state index contributed by atoms with van der Waals surface area (Å²) in [6, 6.07) is 4.02. The molecule has 0 aromatic carbocycles. The second-order valence-electron chi connectivity index (χ2n) is 5.58. The number of nitrogens with zero attached hydrogens (tertiary/aromatic N) is 2. The van der Waals surface area contributed by atoms with Gasteiger partial charge in [-0.2, -0.15) is 0 Å². The maximum Gasteiger partial charge on any atom is 0.130 e. The van der Waals surface area contributed by atoms with Crippen molar-refractivity contribution in [3.63, 3.8) is 0 Å². The first-order chi connectivity index (χ1) is 9.92. The molecule has 4 nitrogen and oxygen atoms in total. The molecule has 0 amide bonds. The summed E-state index contributed by atoms with van der Waals surface area (Å²) < 4.78 is 11.0. The van der Waals surface area contributed by atoms with Crippen molar-refractivity contribution < 1.29 is 9.15 Å². The Balaban J connectivity index is 1.48. The number of ether oxygens (including phenoxy) is 1. The van der Waals surface area contributed by atoms with Gasteiger partial charge in [0.2, 0.25) is 0 Å². The molecule has 0 aliphatic carbocycles. The van der Waals surface area contributed by atoms with Crippen LogP contribution in [0.3, 0.4) is 0 Å². The molecule has 0 radical (unpaired) electrons. The zero-order valence-electron chi connectivity index (χ0n) is 12.1. The predicted octanol–water partition coefficient (Wildman–Crippen LogP) is 2.09. The van der Waals surface area contributed by atoms with Gasteiger partial charge in [0.25, 0.3) is 0 Å². The fraction of sp³-hybridized carbons (Fsp3) is 0.625. The lowest BCUT2D eigenvalue weighted by molar-refractivity contribution is 0.138. The van der Waals surface area contributed by atoms with Crippen molar-refractivity contribution in [2.45, 2.75) is 12.8 Å². The Bertz CT molecular complexity index is 420. The average molecular weight is 276 g/mol. The van der Waals surface area contributed by atoms with E-state index in [0.717, 1.165) is 64.5 Å². The van der Waals surface area contributed by atoms with Crippen molar-refractivity contribution >= 4 is 5.57 Å². The Labute approximate surface area is 121 Å². The standard InChI is InChI=1S/C16H24N2O2/c1-4-15(16-5-2-12-20-16)14-18(6-1)9-8-17-7-3-11-19-13-10-17/h2,4-5,12H,1,3,6-11,13-14H2. The second kappa shape index (κ2) is 7.07. The molecule has 2 aliphatic rings. The van der Waals surface area contributed by atoms with Gasteiger partial charge in [-0.1, -0.05) is 6.08 Å². The molecular formula is C16H24N2O2. The van der Waals surface area contributed by atoms with Crippen LogP contribution in [-0.4, -0.2) is 62.3 Å². The first-order valence-electron chi connectivity index (χ1n) is 7.67. The van der Waals surface area contributed by atoms with E-state index in [1.54, 1.807) is 6.26 Å². The van der Waals surface area contributed by atoms with E-state index in [0.29, 0.717) is 0 Å². The molecule has 1 saturated heterocycles. The van der Waals surface area contributed by atoms with E-state index in [4.69, 9.17) is 9.15 Å². The summed E-state index contributed by atoms with van der Waals surface area (Å²) in [5.74, 6) is 1.03. The first kappa shape index (κ1) is 13.9. The van der Waals surface area contributed by atoms with Crippen LogP contribution >= 0.6 is 0 Å². The van der Waals surface area contributed by atoms with Gasteiger partial charge in [0, 0.05) is 51.4 Å². The highest BCUT2D eigenvalue weighted by Gasteiger charge is 2.17. The zero-order chi connectivity index (χ0) is 13.6. The molecule has 110 valence electrons. The second-order valence-corrected chi connectivity index (χ2v) is 5.58. The maximum absolute atomic E-state index is 5.51. The summed E-state index contributed by atoms with van der Waals surface area (Å²) in [6.45, 7) is 8.52. The average Bonchev–Trinajstić information content (AvgIpc) is 2.90. The molecule has 20 heavy (non-hydrogen) atoms. The number of hydrogen-bond donors (Lipinski definition) is 0. The number of rotatable bonds is 4. The van der Waals surface area contributed by atoms with Gasteiger partial charge in [-0.05, 0) is 25.0 Å². The number of hydrogen-bond acceptors (Lipinski definition) is 4. The van der Waals surface area contributed by atoms with Crippen LogP contribution in [0.25, 0.3) is 5.57 Å². The third-order valence-electron chi connectivity index (χ3n) is 4.12. The molecule has 3 heterocycles. The minimum atomic E-state index is 0.886. The lowest BCUT2D eigenvalue weighted by Crippen LogP contribution is -2.38. The van der Waals surface area contributed by atoms with Crippen LogP contribution in [0.15, 0.2) is 28.9 Å². The third-order valence-corrected chi connectivity index (χ3v) is 4.12. The Morgan fingerprint density at radius 1 is 1.05 bits per heavy atom. The van der Waals surface area contributed by atoms with Gasteiger partial charge in [-0.25, -0.2) is 0 Å². The lowest BCUT2D eigenvalue weighted by Gasteiger charge is -2.29. The van der Waals surface area contributed by atoms with Crippen molar-refractivity contribution in [3.05, 3.63) is 30.2 Å². The van der Waals surface area contributed by atoms with E-state index >= 15 is 0 Å². The van der Waals surface area contributed by atoms with Gasteiger partial charge in [-0.15, -0.1) is 0 Å². The lowest BCUT2D eigenvalue weighted by atomic mass is 10.1. The molecule has 4 heteroatoms. The molecule has 0 unspecified atom stereocenters. The van der Waals surface area contributed by atoms with Gasteiger partial charge in [0.15, 0.2) is 0 Å². The van der Waals surface area contributed by atoms with Crippen molar-refractivity contribution in [2.24, 2.45) is 0 Å². The highest BCUT2D eigenvalue weighted by Crippen LogP contribution is 2.20. The normalized spacial score (nSPS) is 22.5. The van der Waals surface area contributed by atoms with Gasteiger partial charge >= 0.3 is 0 Å². The van der Waals surface area contributed by atoms with Crippen LogP contribution < -0.4 is 0 Å². The number of furan rings is 1. The summed E-state index contributed by atoms with van der Waals surface area (Å²) in [5, 5.41) is 0. The maximum atomic E-state index is 5.51. The minimum absolute atomic E-state index is 0.886. The summed E-state index contributed by atoms with van der Waals surface area (Å²) in [7, 11) is 0.